The van der Waals surface area contributed by atoms with Gasteiger partial charge in [0.2, 0.25) is 0 Å². The molecule has 2 aromatic rings. The fraction of sp³-hybridized carbons (Fsp3) is 0. The molecule has 0 aliphatic rings. The zero-order valence-corrected chi connectivity index (χ0v) is 14.5. The number of rotatable bonds is 2. The van der Waals surface area contributed by atoms with Crippen LogP contribution in [0.1, 0.15) is 20.7 Å². The van der Waals surface area contributed by atoms with E-state index in [1.165, 1.54) is 24.3 Å². The van der Waals surface area contributed by atoms with Gasteiger partial charge in [-0.15, -0.1) is 0 Å². The topological polar surface area (TPSA) is 54.4 Å². The average Bonchev–Trinajstić information content (AvgIpc) is 2.38. The molecule has 0 aliphatic heterocycles. The van der Waals surface area contributed by atoms with Crippen LogP contribution < -0.4 is 0 Å². The van der Waals surface area contributed by atoms with E-state index in [9.17, 15) is 18.4 Å². The molecule has 0 radical (unpaired) electrons. The number of halogens is 5. The number of aromatic carboxylic acids is 1. The third kappa shape index (κ3) is 5.47. The third-order valence-electron chi connectivity index (χ3n) is 2.30. The van der Waals surface area contributed by atoms with Crippen molar-refractivity contribution >= 4 is 54.7 Å². The number of carboxylic acids is 1. The van der Waals surface area contributed by atoms with Gasteiger partial charge in [0.1, 0.15) is 11.6 Å². The van der Waals surface area contributed by atoms with Gasteiger partial charge in [0, 0.05) is 8.95 Å². The zero-order chi connectivity index (χ0) is 16.9. The number of carbonyl (C=O) groups excluding carboxylic acids is 1. The van der Waals surface area contributed by atoms with Gasteiger partial charge in [0.15, 0.2) is 0 Å². The highest BCUT2D eigenvalue weighted by molar-refractivity contribution is 9.10. The summed E-state index contributed by atoms with van der Waals surface area (Å²) in [4.78, 5) is 20.8. The van der Waals surface area contributed by atoms with Crippen molar-refractivity contribution in [3.63, 3.8) is 0 Å². The van der Waals surface area contributed by atoms with E-state index in [2.05, 4.69) is 31.9 Å². The van der Waals surface area contributed by atoms with Crippen molar-refractivity contribution in [3.8, 4) is 0 Å². The Morgan fingerprint density at radius 2 is 1.32 bits per heavy atom. The van der Waals surface area contributed by atoms with Crippen molar-refractivity contribution in [2.45, 2.75) is 0 Å². The maximum absolute atomic E-state index is 12.8. The molecule has 1 N–H and O–H groups in total. The maximum atomic E-state index is 12.8. The Morgan fingerprint density at radius 1 is 0.909 bits per heavy atom. The van der Waals surface area contributed by atoms with Crippen molar-refractivity contribution in [3.05, 3.63) is 68.1 Å². The van der Waals surface area contributed by atoms with Crippen LogP contribution in [0.3, 0.4) is 0 Å². The molecule has 3 nitrogen and oxygen atoms in total. The zero-order valence-electron chi connectivity index (χ0n) is 10.6. The second-order valence-corrected chi connectivity index (χ2v) is 6.00. The summed E-state index contributed by atoms with van der Waals surface area (Å²) < 4.78 is 26.6. The van der Waals surface area contributed by atoms with E-state index in [1.54, 1.807) is 6.07 Å². The van der Waals surface area contributed by atoms with Crippen LogP contribution in [0.15, 0.2) is 45.3 Å². The van der Waals surface area contributed by atoms with Crippen LogP contribution in [0, 0.1) is 11.6 Å². The van der Waals surface area contributed by atoms with Gasteiger partial charge in [-0.1, -0.05) is 31.9 Å². The summed E-state index contributed by atoms with van der Waals surface area (Å²) in [6.45, 7) is 0. The van der Waals surface area contributed by atoms with Gasteiger partial charge >= 0.3 is 5.97 Å². The molecule has 0 heterocycles. The van der Waals surface area contributed by atoms with E-state index in [-0.39, 0.29) is 11.1 Å². The Bertz CT molecular complexity index is 662. The number of hydrogen-bond acceptors (Lipinski definition) is 2. The van der Waals surface area contributed by atoms with Crippen molar-refractivity contribution in [1.82, 2.24) is 0 Å². The molecule has 2 rings (SSSR count). The highest BCUT2D eigenvalue weighted by atomic mass is 79.9. The Labute approximate surface area is 146 Å². The standard InChI is InChI=1S/C7H3BrClFO.C7H4BrFO2/c8-4-1-2-5(7(9)11)6(10)3-4;8-4-1-2-5(7(10)11)6(9)3-4/h1-3H;1-3H,(H,10,11). The minimum absolute atomic E-state index is 0.102. The van der Waals surface area contributed by atoms with Crippen molar-refractivity contribution < 1.29 is 23.5 Å². The fourth-order valence-electron chi connectivity index (χ4n) is 1.31. The molecule has 0 atom stereocenters. The molecule has 8 heteroatoms. The summed E-state index contributed by atoms with van der Waals surface area (Å²) in [5.41, 5.74) is -0.414. The lowest BCUT2D eigenvalue weighted by atomic mass is 10.2. The Hall–Kier alpha value is -1.31. The van der Waals surface area contributed by atoms with Crippen LogP contribution in [0.4, 0.5) is 8.78 Å². The molecule has 116 valence electrons. The van der Waals surface area contributed by atoms with Crippen molar-refractivity contribution in [1.29, 1.82) is 0 Å². The second-order valence-electron chi connectivity index (χ2n) is 3.83. The Morgan fingerprint density at radius 3 is 1.64 bits per heavy atom. The van der Waals surface area contributed by atoms with Gasteiger partial charge in [-0.05, 0) is 48.0 Å². The first-order valence-electron chi connectivity index (χ1n) is 5.55. The molecular formula is C14H7Br2ClF2O3. The van der Waals surface area contributed by atoms with Crippen LogP contribution in [0.2, 0.25) is 0 Å². The molecule has 0 unspecified atom stereocenters. The highest BCUT2D eigenvalue weighted by Crippen LogP contribution is 2.16. The Balaban J connectivity index is 0.000000220. The van der Waals surface area contributed by atoms with Gasteiger partial charge < -0.3 is 5.11 Å². The number of hydrogen-bond donors (Lipinski definition) is 1. The molecule has 0 amide bonds. The van der Waals surface area contributed by atoms with Gasteiger partial charge in [0.05, 0.1) is 11.1 Å². The van der Waals surface area contributed by atoms with Crippen LogP contribution in [0.25, 0.3) is 0 Å². The minimum Gasteiger partial charge on any atom is -0.478 e. The molecule has 0 saturated heterocycles. The van der Waals surface area contributed by atoms with Crippen molar-refractivity contribution in [2.24, 2.45) is 0 Å². The molecule has 2 aromatic carbocycles. The largest absolute Gasteiger partial charge is 0.478 e. The van der Waals surface area contributed by atoms with Crippen LogP contribution >= 0.6 is 43.5 Å². The summed E-state index contributed by atoms with van der Waals surface area (Å²) >= 11 is 11.1. The van der Waals surface area contributed by atoms with E-state index in [1.807, 2.05) is 0 Å². The maximum Gasteiger partial charge on any atom is 0.338 e. The molecule has 0 saturated carbocycles. The van der Waals surface area contributed by atoms with Gasteiger partial charge in [-0.3, -0.25) is 4.79 Å². The first-order valence-corrected chi connectivity index (χ1v) is 7.52. The first kappa shape index (κ1) is 18.7. The van der Waals surface area contributed by atoms with Gasteiger partial charge in [-0.25, -0.2) is 13.6 Å². The molecule has 0 spiro atoms. The summed E-state index contributed by atoms with van der Waals surface area (Å²) in [5.74, 6) is -2.60. The fourth-order valence-corrected chi connectivity index (χ4v) is 2.13. The average molecular weight is 456 g/mol. The number of benzene rings is 2. The molecule has 0 fully saturated rings. The normalized spacial score (nSPS) is 9.68. The van der Waals surface area contributed by atoms with E-state index in [0.29, 0.717) is 8.95 Å². The molecule has 0 aromatic heterocycles. The lowest BCUT2D eigenvalue weighted by Gasteiger charge is -1.95. The Kier molecular flexibility index (Phi) is 7.12. The monoisotopic (exact) mass is 454 g/mol. The summed E-state index contributed by atoms with van der Waals surface area (Å²) in [5, 5.41) is 7.62. The van der Waals surface area contributed by atoms with E-state index in [0.717, 1.165) is 6.07 Å². The first-order chi connectivity index (χ1) is 10.2. The minimum atomic E-state index is -1.25. The second kappa shape index (κ2) is 8.36. The summed E-state index contributed by atoms with van der Waals surface area (Å²) in [6.07, 6.45) is 0. The lowest BCUT2D eigenvalue weighted by Crippen LogP contribution is -1.99. The van der Waals surface area contributed by atoms with Crippen LogP contribution in [-0.4, -0.2) is 16.3 Å². The quantitative estimate of drug-likeness (QED) is 0.628. The van der Waals surface area contributed by atoms with Crippen LogP contribution in [0.5, 0.6) is 0 Å². The number of carbonyl (C=O) groups is 2. The highest BCUT2D eigenvalue weighted by Gasteiger charge is 2.09. The van der Waals surface area contributed by atoms with Crippen LogP contribution in [-0.2, 0) is 0 Å². The summed E-state index contributed by atoms with van der Waals surface area (Å²) in [7, 11) is 0. The molecular weight excluding hydrogens is 449 g/mol. The molecule has 0 bridgehead atoms. The lowest BCUT2D eigenvalue weighted by molar-refractivity contribution is 0.0691. The van der Waals surface area contributed by atoms with E-state index >= 15 is 0 Å². The predicted molar refractivity (Wildman–Crippen MR) is 85.3 cm³/mol. The molecule has 0 aliphatic carbocycles. The van der Waals surface area contributed by atoms with E-state index < -0.39 is 22.8 Å². The molecule has 22 heavy (non-hydrogen) atoms. The smallest absolute Gasteiger partial charge is 0.338 e. The van der Waals surface area contributed by atoms with Gasteiger partial charge in [-0.2, -0.15) is 0 Å². The number of carboxylic acid groups (broad SMARTS) is 1. The van der Waals surface area contributed by atoms with Gasteiger partial charge in [0.25, 0.3) is 5.24 Å². The third-order valence-corrected chi connectivity index (χ3v) is 3.49. The summed E-state index contributed by atoms with van der Waals surface area (Å²) in [6, 6.07) is 7.88. The predicted octanol–water partition coefficient (Wildman–Crippen LogP) is 5.25. The van der Waals surface area contributed by atoms with E-state index in [4.69, 9.17) is 16.7 Å². The van der Waals surface area contributed by atoms with Crippen molar-refractivity contribution in [2.75, 3.05) is 0 Å². The SMILES string of the molecule is O=C(Cl)c1ccc(Br)cc1F.O=C(O)c1ccc(Br)cc1F.